The highest BCUT2D eigenvalue weighted by atomic mass is 32.2. The van der Waals surface area contributed by atoms with Gasteiger partial charge in [-0.3, -0.25) is 0 Å². The Balaban J connectivity index is 4.01. The van der Waals surface area contributed by atoms with Crippen LogP contribution in [0.1, 0.15) is 20.3 Å². The second-order valence-corrected chi connectivity index (χ2v) is 3.71. The van der Waals surface area contributed by atoms with Gasteiger partial charge in [0.15, 0.2) is 0 Å². The molecule has 0 aromatic rings. The number of carboxylic acid groups (broad SMARTS) is 1. The highest BCUT2D eigenvalue weighted by Gasteiger charge is 2.40. The van der Waals surface area contributed by atoms with Crippen LogP contribution in [0.3, 0.4) is 0 Å². The van der Waals surface area contributed by atoms with Gasteiger partial charge in [0, 0.05) is 5.25 Å². The number of alkyl halides is 2. The molecule has 1 unspecified atom stereocenters. The normalized spacial score (nSPS) is 14.5. The van der Waals surface area contributed by atoms with Gasteiger partial charge in [-0.1, -0.05) is 25.6 Å². The number of rotatable bonds is 4. The monoisotopic (exact) mass is 184 g/mol. The fourth-order valence-corrected chi connectivity index (χ4v) is 1.16. The molecule has 2 nitrogen and oxygen atoms in total. The van der Waals surface area contributed by atoms with Gasteiger partial charge in [-0.15, -0.1) is 0 Å². The van der Waals surface area contributed by atoms with Gasteiger partial charge in [0.25, 0.3) is 0 Å². The van der Waals surface area contributed by atoms with Crippen LogP contribution in [-0.4, -0.2) is 21.6 Å². The molecule has 1 N–H and O–H groups in total. The summed E-state index contributed by atoms with van der Waals surface area (Å²) >= 11 is 0.177. The second-order valence-electron chi connectivity index (χ2n) is 2.16. The molecule has 5 heteroatoms. The highest BCUT2D eigenvalue weighted by molar-refractivity contribution is 8.01. The Labute approximate surface area is 68.0 Å². The van der Waals surface area contributed by atoms with E-state index in [4.69, 9.17) is 5.11 Å². The van der Waals surface area contributed by atoms with Crippen LogP contribution < -0.4 is 0 Å². The van der Waals surface area contributed by atoms with Crippen molar-refractivity contribution in [1.82, 2.24) is 0 Å². The van der Waals surface area contributed by atoms with Crippen LogP contribution in [0.25, 0.3) is 0 Å². The Kier molecular flexibility index (Phi) is 3.78. The van der Waals surface area contributed by atoms with E-state index in [0.29, 0.717) is 6.42 Å². The van der Waals surface area contributed by atoms with Crippen molar-refractivity contribution in [3.8, 4) is 0 Å². The first-order valence-corrected chi connectivity index (χ1v) is 4.07. The van der Waals surface area contributed by atoms with E-state index in [9.17, 15) is 13.6 Å². The summed E-state index contributed by atoms with van der Waals surface area (Å²) < 4.78 is 24.7. The number of carbonyl (C=O) groups is 1. The largest absolute Gasteiger partial charge is 0.476 e. The third kappa shape index (κ3) is 3.55. The van der Waals surface area contributed by atoms with E-state index < -0.39 is 11.2 Å². The lowest BCUT2D eigenvalue weighted by Gasteiger charge is -2.14. The lowest BCUT2D eigenvalue weighted by Crippen LogP contribution is -2.26. The van der Waals surface area contributed by atoms with Crippen LogP contribution in [0, 0.1) is 0 Å². The zero-order chi connectivity index (χ0) is 9.07. The van der Waals surface area contributed by atoms with Gasteiger partial charge < -0.3 is 5.11 Å². The molecule has 0 saturated heterocycles. The second kappa shape index (κ2) is 3.90. The fourth-order valence-electron chi connectivity index (χ4n) is 0.386. The molecule has 0 aliphatic carbocycles. The minimum atomic E-state index is -3.64. The Bertz CT molecular complexity index is 150. The summed E-state index contributed by atoms with van der Waals surface area (Å²) in [5.74, 6) is -2.07. The van der Waals surface area contributed by atoms with Crippen LogP contribution >= 0.6 is 11.8 Å². The molecule has 0 bridgehead atoms. The van der Waals surface area contributed by atoms with Crippen LogP contribution in [0.4, 0.5) is 8.78 Å². The molecule has 0 aromatic heterocycles. The number of hydrogen-bond acceptors (Lipinski definition) is 2. The molecule has 0 spiro atoms. The molecule has 0 fully saturated rings. The lowest BCUT2D eigenvalue weighted by molar-refractivity contribution is -0.152. The molecule has 66 valence electrons. The molecule has 0 aliphatic rings. The molecule has 1 atom stereocenters. The summed E-state index contributed by atoms with van der Waals surface area (Å²) in [5.41, 5.74) is 0. The van der Waals surface area contributed by atoms with E-state index in [-0.39, 0.29) is 17.0 Å². The zero-order valence-corrected chi connectivity index (χ0v) is 7.12. The summed E-state index contributed by atoms with van der Waals surface area (Å²) in [6.07, 6.45) is 0.535. The molecule has 11 heavy (non-hydrogen) atoms. The molecule has 0 aromatic carbocycles. The first-order valence-electron chi connectivity index (χ1n) is 3.19. The maximum atomic E-state index is 12.3. The van der Waals surface area contributed by atoms with E-state index in [1.54, 1.807) is 13.8 Å². The topological polar surface area (TPSA) is 37.3 Å². The van der Waals surface area contributed by atoms with Crippen LogP contribution in [0.15, 0.2) is 0 Å². The maximum Gasteiger partial charge on any atom is 0.389 e. The predicted molar refractivity (Wildman–Crippen MR) is 39.9 cm³/mol. The molecule has 0 amide bonds. The van der Waals surface area contributed by atoms with Gasteiger partial charge in [0.1, 0.15) is 0 Å². The summed E-state index contributed by atoms with van der Waals surface area (Å²) in [6.45, 7) is 3.30. The first kappa shape index (κ1) is 10.7. The van der Waals surface area contributed by atoms with E-state index in [2.05, 4.69) is 0 Å². The van der Waals surface area contributed by atoms with E-state index in [1.807, 2.05) is 0 Å². The zero-order valence-electron chi connectivity index (χ0n) is 6.30. The highest BCUT2D eigenvalue weighted by Crippen LogP contribution is 2.33. The number of aliphatic carboxylic acids is 1. The van der Waals surface area contributed by atoms with Crippen molar-refractivity contribution in [2.75, 3.05) is 0 Å². The van der Waals surface area contributed by atoms with Gasteiger partial charge in [0.05, 0.1) is 0 Å². The number of carboxylic acids is 1. The molecule has 0 rings (SSSR count). The minimum Gasteiger partial charge on any atom is -0.476 e. The van der Waals surface area contributed by atoms with Crippen molar-refractivity contribution < 1.29 is 18.7 Å². The Hall–Kier alpha value is -0.320. The Morgan fingerprint density at radius 2 is 2.18 bits per heavy atom. The SMILES string of the molecule is CCC(C)SC(F)(F)C(=O)O. The quantitative estimate of drug-likeness (QED) is 0.727. The van der Waals surface area contributed by atoms with Crippen molar-refractivity contribution in [1.29, 1.82) is 0 Å². The first-order chi connectivity index (χ1) is 4.90. The summed E-state index contributed by atoms with van der Waals surface area (Å²) in [7, 11) is 0. The molecule has 0 saturated carbocycles. The Morgan fingerprint density at radius 3 is 2.45 bits per heavy atom. The van der Waals surface area contributed by atoms with E-state index >= 15 is 0 Å². The van der Waals surface area contributed by atoms with Gasteiger partial charge in [-0.2, -0.15) is 8.78 Å². The van der Waals surface area contributed by atoms with Crippen molar-refractivity contribution in [3.63, 3.8) is 0 Å². The van der Waals surface area contributed by atoms with Gasteiger partial charge in [-0.25, -0.2) is 4.79 Å². The Morgan fingerprint density at radius 1 is 1.73 bits per heavy atom. The van der Waals surface area contributed by atoms with Crippen molar-refractivity contribution in [3.05, 3.63) is 0 Å². The average molecular weight is 184 g/mol. The van der Waals surface area contributed by atoms with Crippen molar-refractivity contribution in [2.24, 2.45) is 0 Å². The average Bonchev–Trinajstić information content (AvgIpc) is 1.86. The van der Waals surface area contributed by atoms with Crippen molar-refractivity contribution >= 4 is 17.7 Å². The van der Waals surface area contributed by atoms with Crippen LogP contribution in [0.2, 0.25) is 0 Å². The standard InChI is InChI=1S/C6H10F2O2S/c1-3-4(2)11-6(7,8)5(9)10/h4H,3H2,1-2H3,(H,9,10). The van der Waals surface area contributed by atoms with Gasteiger partial charge in [0.2, 0.25) is 0 Å². The van der Waals surface area contributed by atoms with Gasteiger partial charge >= 0.3 is 11.2 Å². The molecular formula is C6H10F2O2S. The summed E-state index contributed by atoms with van der Waals surface area (Å²) in [4.78, 5) is 9.90. The molecule has 0 aliphatic heterocycles. The van der Waals surface area contributed by atoms with Crippen LogP contribution in [-0.2, 0) is 4.79 Å². The third-order valence-electron chi connectivity index (χ3n) is 1.17. The number of hydrogen-bond donors (Lipinski definition) is 1. The van der Waals surface area contributed by atoms with E-state index in [1.165, 1.54) is 0 Å². The number of halogens is 2. The molecule has 0 heterocycles. The molecular weight excluding hydrogens is 174 g/mol. The van der Waals surface area contributed by atoms with E-state index in [0.717, 1.165) is 0 Å². The fraction of sp³-hybridized carbons (Fsp3) is 0.833. The minimum absolute atomic E-state index is 0.177. The van der Waals surface area contributed by atoms with Crippen LogP contribution in [0.5, 0.6) is 0 Å². The molecule has 0 radical (unpaired) electrons. The van der Waals surface area contributed by atoms with Gasteiger partial charge in [-0.05, 0) is 6.42 Å². The third-order valence-corrected chi connectivity index (χ3v) is 2.38. The lowest BCUT2D eigenvalue weighted by atomic mass is 10.4. The smallest absolute Gasteiger partial charge is 0.389 e. The number of thioether (sulfide) groups is 1. The van der Waals surface area contributed by atoms with Crippen molar-refractivity contribution in [2.45, 2.75) is 30.8 Å². The summed E-state index contributed by atoms with van der Waals surface area (Å²) in [5, 5.41) is 4.04. The maximum absolute atomic E-state index is 12.3. The summed E-state index contributed by atoms with van der Waals surface area (Å²) in [6, 6.07) is 0. The predicted octanol–water partition coefficient (Wildman–Crippen LogP) is 2.20.